The number of ether oxygens (including phenoxy) is 1. The number of fused-ring (bicyclic) bond motifs is 5. The van der Waals surface area contributed by atoms with Gasteiger partial charge in [-0.05, 0) is 104 Å². The normalized spacial score (nSPS) is 42.3. The van der Waals surface area contributed by atoms with Gasteiger partial charge in [-0.3, -0.25) is 4.79 Å². The van der Waals surface area contributed by atoms with E-state index in [1.165, 1.54) is 30.6 Å². The van der Waals surface area contributed by atoms with E-state index < -0.39 is 31.0 Å². The van der Waals surface area contributed by atoms with Crippen molar-refractivity contribution in [2.75, 3.05) is 27.3 Å². The molecule has 4 rings (SSSR count). The van der Waals surface area contributed by atoms with Gasteiger partial charge in [0.1, 0.15) is 24.4 Å². The number of carbonyl (C=O) groups excluding carboxylic acids is 1. The van der Waals surface area contributed by atoms with Crippen LogP contribution in [-0.4, -0.2) is 105 Å². The molecule has 0 aromatic carbocycles. The maximum atomic E-state index is 13.0. The Morgan fingerprint density at radius 3 is 2.24 bits per heavy atom. The van der Waals surface area contributed by atoms with Crippen molar-refractivity contribution in [1.82, 2.24) is 4.90 Å². The van der Waals surface area contributed by atoms with Crippen molar-refractivity contribution in [3.05, 3.63) is 0 Å². The molecule has 1 amide bonds. The van der Waals surface area contributed by atoms with Crippen molar-refractivity contribution < 1.29 is 40.2 Å². The van der Waals surface area contributed by atoms with Crippen molar-refractivity contribution in [2.45, 2.75) is 122 Å². The number of nitrogens with zero attached hydrogens (tertiary/aromatic N) is 1. The van der Waals surface area contributed by atoms with Crippen LogP contribution < -0.4 is 0 Å². The molecule has 0 heterocycles. The van der Waals surface area contributed by atoms with Gasteiger partial charge < -0.3 is 40.3 Å². The third-order valence-corrected chi connectivity index (χ3v) is 12.7. The highest BCUT2D eigenvalue weighted by atomic mass is 16.5. The largest absolute Gasteiger partial charge is 0.394 e. The standard InChI is InChI=1S/C32H57NO8/c1-18(6-9-27(38)33(4)16-24(36)29(39)30(40)25(37)17-34)21-7-8-22-28-23(11-13-32(21,22)3)31(2)12-10-20(35)14-19(31)15-26(28)41-5/h18-26,28-30,34-37,39-40H,6-17H2,1-5H3/t18-,19+,20-,21-,22+,23+,24+,25-,26-,28+,29-,30-,31+,32-/m1/s1. The van der Waals surface area contributed by atoms with E-state index in [2.05, 4.69) is 20.8 Å². The first-order chi connectivity index (χ1) is 19.3. The molecule has 0 spiro atoms. The Bertz CT molecular complexity index is 890. The topological polar surface area (TPSA) is 151 Å². The Morgan fingerprint density at radius 2 is 1.59 bits per heavy atom. The molecule has 0 aromatic heterocycles. The second kappa shape index (κ2) is 13.0. The van der Waals surface area contributed by atoms with Crippen LogP contribution in [0.5, 0.6) is 0 Å². The van der Waals surface area contributed by atoms with Gasteiger partial charge in [0.25, 0.3) is 0 Å². The van der Waals surface area contributed by atoms with Crippen LogP contribution in [0.4, 0.5) is 0 Å². The molecular formula is C32H57NO8. The van der Waals surface area contributed by atoms with Gasteiger partial charge in [0.2, 0.25) is 5.91 Å². The van der Waals surface area contributed by atoms with E-state index in [9.17, 15) is 30.3 Å². The van der Waals surface area contributed by atoms with Crippen LogP contribution in [0.3, 0.4) is 0 Å². The number of carbonyl (C=O) groups is 1. The van der Waals surface area contributed by atoms with E-state index in [4.69, 9.17) is 9.84 Å². The lowest BCUT2D eigenvalue weighted by Crippen LogP contribution is -2.59. The van der Waals surface area contributed by atoms with E-state index in [1.54, 1.807) is 7.05 Å². The first-order valence-electron chi connectivity index (χ1n) is 16.1. The Morgan fingerprint density at radius 1 is 0.951 bits per heavy atom. The number of rotatable bonds is 11. The summed E-state index contributed by atoms with van der Waals surface area (Å²) >= 11 is 0. The highest BCUT2D eigenvalue weighted by molar-refractivity contribution is 5.75. The second-order valence-electron chi connectivity index (χ2n) is 14.7. The van der Waals surface area contributed by atoms with E-state index in [0.29, 0.717) is 41.9 Å². The zero-order chi connectivity index (χ0) is 30.3. The molecule has 0 aromatic rings. The van der Waals surface area contributed by atoms with Crippen LogP contribution in [0.25, 0.3) is 0 Å². The lowest BCUT2D eigenvalue weighted by Gasteiger charge is -2.63. The van der Waals surface area contributed by atoms with Gasteiger partial charge in [0, 0.05) is 27.1 Å². The van der Waals surface area contributed by atoms with Crippen LogP contribution >= 0.6 is 0 Å². The molecule has 9 heteroatoms. The van der Waals surface area contributed by atoms with Crippen molar-refractivity contribution in [3.8, 4) is 0 Å². The van der Waals surface area contributed by atoms with Crippen LogP contribution in [0.15, 0.2) is 0 Å². The first-order valence-corrected chi connectivity index (χ1v) is 16.1. The molecule has 0 bridgehead atoms. The number of methoxy groups -OCH3 is 1. The zero-order valence-electron chi connectivity index (χ0n) is 25.9. The molecule has 0 radical (unpaired) electrons. The molecule has 14 atom stereocenters. The van der Waals surface area contributed by atoms with Gasteiger partial charge in [-0.2, -0.15) is 0 Å². The predicted molar refractivity (Wildman–Crippen MR) is 155 cm³/mol. The van der Waals surface area contributed by atoms with Crippen molar-refractivity contribution in [3.63, 3.8) is 0 Å². The lowest BCUT2D eigenvalue weighted by atomic mass is 9.43. The van der Waals surface area contributed by atoms with Crippen LogP contribution in [-0.2, 0) is 9.53 Å². The summed E-state index contributed by atoms with van der Waals surface area (Å²) in [5.74, 6) is 3.10. The van der Waals surface area contributed by atoms with Crippen molar-refractivity contribution in [1.29, 1.82) is 0 Å². The van der Waals surface area contributed by atoms with Crippen molar-refractivity contribution in [2.24, 2.45) is 46.3 Å². The number of aliphatic hydroxyl groups is 6. The molecule has 4 aliphatic rings. The first kappa shape index (κ1) is 33.1. The summed E-state index contributed by atoms with van der Waals surface area (Å²) < 4.78 is 6.21. The highest BCUT2D eigenvalue weighted by Crippen LogP contribution is 2.68. The fourth-order valence-corrected chi connectivity index (χ4v) is 10.2. The summed E-state index contributed by atoms with van der Waals surface area (Å²) in [6.07, 6.45) is 3.55. The average molecular weight is 584 g/mol. The molecule has 6 N–H and O–H groups in total. The average Bonchev–Trinajstić information content (AvgIpc) is 3.31. The minimum atomic E-state index is -1.70. The molecular weight excluding hydrogens is 526 g/mol. The predicted octanol–water partition coefficient (Wildman–Crippen LogP) is 1.94. The summed E-state index contributed by atoms with van der Waals surface area (Å²) in [7, 11) is 3.44. The Hall–Kier alpha value is -0.810. The lowest BCUT2D eigenvalue weighted by molar-refractivity contribution is -0.181. The van der Waals surface area contributed by atoms with Gasteiger partial charge in [0.15, 0.2) is 0 Å². The Kier molecular flexibility index (Phi) is 10.5. The Labute approximate surface area is 246 Å². The van der Waals surface area contributed by atoms with E-state index in [1.807, 2.05) is 7.11 Å². The molecule has 4 saturated carbocycles. The van der Waals surface area contributed by atoms with Crippen LogP contribution in [0.1, 0.15) is 85.0 Å². The van der Waals surface area contributed by atoms with Gasteiger partial charge in [0.05, 0.1) is 18.8 Å². The highest BCUT2D eigenvalue weighted by Gasteiger charge is 2.63. The van der Waals surface area contributed by atoms with Crippen LogP contribution in [0.2, 0.25) is 0 Å². The van der Waals surface area contributed by atoms with Crippen molar-refractivity contribution >= 4 is 5.91 Å². The Balaban J connectivity index is 1.36. The van der Waals surface area contributed by atoms with Gasteiger partial charge in [-0.25, -0.2) is 0 Å². The molecule has 0 unspecified atom stereocenters. The molecule has 238 valence electrons. The minimum absolute atomic E-state index is 0.131. The number of amides is 1. The number of likely N-dealkylation sites (N-methyl/N-ethyl adjacent to an activating group) is 1. The second-order valence-corrected chi connectivity index (χ2v) is 14.7. The third kappa shape index (κ3) is 6.24. The molecule has 4 fully saturated rings. The third-order valence-electron chi connectivity index (χ3n) is 12.7. The van der Waals surface area contributed by atoms with Gasteiger partial charge in [-0.1, -0.05) is 20.8 Å². The quantitative estimate of drug-likeness (QED) is 0.216. The molecule has 4 aliphatic carbocycles. The van der Waals surface area contributed by atoms with E-state index in [-0.39, 0.29) is 35.5 Å². The van der Waals surface area contributed by atoms with E-state index >= 15 is 0 Å². The number of aliphatic hydroxyl groups excluding tert-OH is 6. The monoisotopic (exact) mass is 583 g/mol. The molecule has 0 aliphatic heterocycles. The van der Waals surface area contributed by atoms with Crippen LogP contribution in [0, 0.1) is 46.3 Å². The van der Waals surface area contributed by atoms with Gasteiger partial charge >= 0.3 is 0 Å². The summed E-state index contributed by atoms with van der Waals surface area (Å²) in [6, 6.07) is 0. The summed E-state index contributed by atoms with van der Waals surface area (Å²) in [5.41, 5.74) is 0.499. The number of hydrogen-bond acceptors (Lipinski definition) is 8. The summed E-state index contributed by atoms with van der Waals surface area (Å²) in [4.78, 5) is 14.3. The maximum absolute atomic E-state index is 13.0. The summed E-state index contributed by atoms with van der Waals surface area (Å²) in [6.45, 7) is 6.35. The zero-order valence-corrected chi connectivity index (χ0v) is 25.9. The minimum Gasteiger partial charge on any atom is -0.394 e. The summed E-state index contributed by atoms with van der Waals surface area (Å²) in [5, 5.41) is 59.2. The van der Waals surface area contributed by atoms with Gasteiger partial charge in [-0.15, -0.1) is 0 Å². The molecule has 41 heavy (non-hydrogen) atoms. The molecule has 9 nitrogen and oxygen atoms in total. The fraction of sp³-hybridized carbons (Fsp3) is 0.969. The molecule has 0 saturated heterocycles. The number of hydrogen-bond donors (Lipinski definition) is 6. The SMILES string of the molecule is CO[C@@H]1C[C@@H]2C[C@H](O)CC[C@]2(C)[C@H]2CC[C@]3(C)[C@@H]([C@H](C)CCC(=O)N(C)C[C@H](O)[C@@H](O)[C@H](O)[C@H](O)CO)CC[C@H]3[C@H]12. The van der Waals surface area contributed by atoms with E-state index in [0.717, 1.165) is 32.1 Å². The maximum Gasteiger partial charge on any atom is 0.222 e. The fourth-order valence-electron chi connectivity index (χ4n) is 10.2. The smallest absolute Gasteiger partial charge is 0.222 e.